The van der Waals surface area contributed by atoms with E-state index in [1.165, 1.54) is 4.70 Å². The molecule has 0 spiro atoms. The van der Waals surface area contributed by atoms with Crippen LogP contribution in [-0.2, 0) is 50.0 Å². The van der Waals surface area contributed by atoms with Crippen molar-refractivity contribution in [3.63, 3.8) is 0 Å². The molecule has 1 aromatic heterocycles. The topological polar surface area (TPSA) is 143 Å². The Balaban J connectivity index is 0.000000403. The Labute approximate surface area is 330 Å². The average Bonchev–Trinajstić information content (AvgIpc) is 3.74. The smallest absolute Gasteiger partial charge is 0.475 e. The van der Waals surface area contributed by atoms with Gasteiger partial charge in [-0.3, -0.25) is 14.1 Å². The first-order valence-electron chi connectivity index (χ1n) is 15.7. The summed E-state index contributed by atoms with van der Waals surface area (Å²) in [7, 11) is -11.7. The third kappa shape index (κ3) is 11.1. The average molecular weight is 880 g/mol. The van der Waals surface area contributed by atoms with Crippen LogP contribution in [0.5, 0.6) is 0 Å². The molecular formula is C36H32F6N2O7S3Zn. The molecule has 19 heteroatoms. The molecule has 290 valence electrons. The Morgan fingerprint density at radius 3 is 1.47 bits per heavy atom. The van der Waals surface area contributed by atoms with Gasteiger partial charge in [-0.05, 0) is 28.7 Å². The molecule has 0 unspecified atom stereocenters. The van der Waals surface area contributed by atoms with Crippen molar-refractivity contribution in [2.75, 3.05) is 6.61 Å². The summed E-state index contributed by atoms with van der Waals surface area (Å²) < 4.78 is 122. The predicted molar refractivity (Wildman–Crippen MR) is 195 cm³/mol. The summed E-state index contributed by atoms with van der Waals surface area (Å²) in [6.45, 7) is 5.01. The van der Waals surface area contributed by atoms with Crippen molar-refractivity contribution in [1.82, 2.24) is 0 Å². The summed E-state index contributed by atoms with van der Waals surface area (Å²) >= 11 is 1.74. The fraction of sp³-hybridized carbons (Fsp3) is 0.222. The van der Waals surface area contributed by atoms with Crippen LogP contribution in [0.1, 0.15) is 41.0 Å². The number of rotatable bonds is 7. The zero-order valence-electron chi connectivity index (χ0n) is 28.9. The Bertz CT molecular complexity index is 2170. The van der Waals surface area contributed by atoms with Crippen molar-refractivity contribution in [1.29, 1.82) is 0 Å². The number of fused-ring (bicyclic) bond motifs is 1. The number of alkyl halides is 6. The third-order valence-corrected chi connectivity index (χ3v) is 10.1. The van der Waals surface area contributed by atoms with E-state index in [0.29, 0.717) is 12.5 Å². The van der Waals surface area contributed by atoms with E-state index in [0.717, 1.165) is 38.4 Å². The van der Waals surface area contributed by atoms with Gasteiger partial charge in [0.05, 0.1) is 16.5 Å². The van der Waals surface area contributed by atoms with E-state index in [1.807, 2.05) is 6.21 Å². The normalized spacial score (nSPS) is 15.0. The molecule has 0 radical (unpaired) electrons. The van der Waals surface area contributed by atoms with Crippen molar-refractivity contribution in [3.8, 4) is 0 Å². The van der Waals surface area contributed by atoms with Gasteiger partial charge in [0.15, 0.2) is 0 Å². The molecule has 55 heavy (non-hydrogen) atoms. The van der Waals surface area contributed by atoms with E-state index < -0.39 is 36.8 Å². The van der Waals surface area contributed by atoms with Crippen molar-refractivity contribution in [3.05, 3.63) is 142 Å². The first-order valence-corrected chi connectivity index (χ1v) is 19.4. The molecule has 4 aromatic carbocycles. The van der Waals surface area contributed by atoms with E-state index in [-0.39, 0.29) is 25.5 Å². The summed E-state index contributed by atoms with van der Waals surface area (Å²) in [6.07, 6.45) is 2.04. The Morgan fingerprint density at radius 2 is 1.11 bits per heavy atom. The van der Waals surface area contributed by atoms with Gasteiger partial charge in [0, 0.05) is 35.8 Å². The van der Waals surface area contributed by atoms with Gasteiger partial charge in [0.1, 0.15) is 12.1 Å². The van der Waals surface area contributed by atoms with Crippen molar-refractivity contribution < 1.29 is 76.5 Å². The number of thiophene rings is 1. The number of nitrogens with zero attached hydrogens (tertiary/aromatic N) is 2. The van der Waals surface area contributed by atoms with Gasteiger partial charge in [-0.1, -0.05) is 123 Å². The van der Waals surface area contributed by atoms with Crippen molar-refractivity contribution >= 4 is 53.8 Å². The number of aliphatic imine (C=N–C) groups is 2. The zero-order valence-corrected chi connectivity index (χ0v) is 34.4. The second-order valence-electron chi connectivity index (χ2n) is 11.8. The first-order chi connectivity index (χ1) is 25.2. The summed E-state index contributed by atoms with van der Waals surface area (Å²) in [4.78, 5) is 11.5. The third-order valence-electron chi connectivity index (χ3n) is 7.82. The number of benzene rings is 4. The maximum absolute atomic E-state index is 10.7. The van der Waals surface area contributed by atoms with Crippen LogP contribution in [0.25, 0.3) is 10.1 Å². The molecule has 0 aliphatic carbocycles. The number of hydrogen-bond donors (Lipinski definition) is 2. The molecular weight excluding hydrogens is 848 g/mol. The van der Waals surface area contributed by atoms with Crippen molar-refractivity contribution in [2.45, 2.75) is 36.4 Å². The van der Waals surface area contributed by atoms with Crippen LogP contribution in [0.15, 0.2) is 125 Å². The first kappa shape index (κ1) is 45.4. The van der Waals surface area contributed by atoms with Crippen LogP contribution >= 0.6 is 11.3 Å². The van der Waals surface area contributed by atoms with Crippen LogP contribution in [0, 0.1) is 5.92 Å². The molecule has 0 amide bonds. The minimum absolute atomic E-state index is 0. The molecule has 5 aromatic rings. The molecule has 0 saturated heterocycles. The maximum atomic E-state index is 10.7. The fourth-order valence-corrected chi connectivity index (χ4v) is 6.23. The quantitative estimate of drug-likeness (QED) is 0.0415. The minimum Gasteiger partial charge on any atom is -0.475 e. The van der Waals surface area contributed by atoms with E-state index in [1.54, 1.807) is 11.3 Å². The van der Waals surface area contributed by atoms with E-state index in [2.05, 4.69) is 129 Å². The van der Waals surface area contributed by atoms with Crippen LogP contribution in [-0.4, -0.2) is 61.7 Å². The fourth-order valence-electron chi connectivity index (χ4n) is 5.16. The molecule has 1 aliphatic rings. The minimum atomic E-state index is -5.84. The molecule has 1 atom stereocenters. The van der Waals surface area contributed by atoms with Gasteiger partial charge in [0.25, 0.3) is 0 Å². The van der Waals surface area contributed by atoms with Gasteiger partial charge in [-0.2, -0.15) is 43.2 Å². The largest absolute Gasteiger partial charge is 0.522 e. The molecule has 2 heterocycles. The summed E-state index contributed by atoms with van der Waals surface area (Å²) in [5.74, 6) is 1.16. The van der Waals surface area contributed by atoms with Gasteiger partial charge in [-0.15, -0.1) is 11.3 Å². The predicted octanol–water partition coefficient (Wildman–Crippen LogP) is 8.90. The summed E-state index contributed by atoms with van der Waals surface area (Å²) in [5, 5.41) is 1.16. The molecule has 9 nitrogen and oxygen atoms in total. The Morgan fingerprint density at radius 1 is 0.727 bits per heavy atom. The molecule has 6 rings (SSSR count). The van der Waals surface area contributed by atoms with Gasteiger partial charge < -0.3 is 4.74 Å². The van der Waals surface area contributed by atoms with Crippen LogP contribution in [0.2, 0.25) is 0 Å². The van der Waals surface area contributed by atoms with E-state index in [9.17, 15) is 26.3 Å². The summed E-state index contributed by atoms with van der Waals surface area (Å²) in [5.41, 5.74) is -7.39. The van der Waals surface area contributed by atoms with Gasteiger partial charge in [-0.25, -0.2) is 4.99 Å². The zero-order chi connectivity index (χ0) is 40.0. The standard InChI is InChI=1S/C34H30N2OS.2CHF3O3S.Zn/c1-24(2)29-23-37-33(36-29)32-28-20-12-13-21-30(28)38-31(32)22-35-34(25-14-6-3-7-15-25,26-16-8-4-9-17-26)27-18-10-5-11-19-27;2*2-1(3,4)8(5,6)7;/h3-22,24,29H,23H2,1-2H3;2*(H,5,6,7);/t29-;;;/m1.../s1. The monoisotopic (exact) mass is 878 g/mol. The maximum Gasteiger partial charge on any atom is 0.522 e. The van der Waals surface area contributed by atoms with Crippen LogP contribution < -0.4 is 0 Å². The van der Waals surface area contributed by atoms with Gasteiger partial charge in [0.2, 0.25) is 5.90 Å². The van der Waals surface area contributed by atoms with Crippen LogP contribution in [0.4, 0.5) is 26.3 Å². The second-order valence-corrected chi connectivity index (χ2v) is 15.7. The number of hydrogen-bond acceptors (Lipinski definition) is 8. The van der Waals surface area contributed by atoms with E-state index in [4.69, 9.17) is 40.7 Å². The second kappa shape index (κ2) is 18.3. The molecule has 0 bridgehead atoms. The Hall–Kier alpha value is -4.00. The van der Waals surface area contributed by atoms with Crippen LogP contribution in [0.3, 0.4) is 0 Å². The molecule has 0 fully saturated rings. The molecule has 0 saturated carbocycles. The molecule has 2 N–H and O–H groups in total. The van der Waals surface area contributed by atoms with Crippen molar-refractivity contribution in [2.24, 2.45) is 15.9 Å². The SMILES string of the molecule is CC(C)[C@H]1COC(c2c(C=NC(c3ccccc3)(c3ccccc3)c3ccccc3)sc3ccccc23)=N1.O=S(=O)(O)C(F)(F)F.O=S(=O)(O)C(F)(F)F.[Zn]. The molecule has 1 aliphatic heterocycles. The van der Waals surface area contributed by atoms with Gasteiger partial charge >= 0.3 is 31.3 Å². The number of ether oxygens (including phenoxy) is 1. The Kier molecular flexibility index (Phi) is 15.1. The summed E-state index contributed by atoms with van der Waals surface area (Å²) in [6, 6.07) is 40.3. The van der Waals surface area contributed by atoms with E-state index >= 15 is 0 Å². The number of halogens is 6.